The number of hydrogen-bond donors (Lipinski definition) is 0. The van der Waals surface area contributed by atoms with Gasteiger partial charge in [0.15, 0.2) is 0 Å². The Labute approximate surface area is 99.3 Å². The van der Waals surface area contributed by atoms with Gasteiger partial charge in [0.1, 0.15) is 0 Å². The highest BCUT2D eigenvalue weighted by Crippen LogP contribution is 2.60. The van der Waals surface area contributed by atoms with Crippen LogP contribution < -0.4 is 0 Å². The molecule has 0 aromatic rings. The lowest BCUT2D eigenvalue weighted by atomic mass is 9.60. The molecule has 0 saturated carbocycles. The van der Waals surface area contributed by atoms with Crippen LogP contribution in [0.3, 0.4) is 0 Å². The first-order chi connectivity index (χ1) is 7.54. The van der Waals surface area contributed by atoms with Gasteiger partial charge in [-0.3, -0.25) is 0 Å². The average Bonchev–Trinajstić information content (AvgIpc) is 2.67. The second kappa shape index (κ2) is 3.35. The molecule has 2 fully saturated rings. The molecule has 0 N–H and O–H groups in total. The molecule has 1 unspecified atom stereocenters. The first kappa shape index (κ1) is 10.8. The van der Waals surface area contributed by atoms with Gasteiger partial charge in [-0.2, -0.15) is 0 Å². The molecule has 0 radical (unpaired) electrons. The van der Waals surface area contributed by atoms with Crippen molar-refractivity contribution < 1.29 is 4.74 Å². The third-order valence-electron chi connectivity index (χ3n) is 5.34. The van der Waals surface area contributed by atoms with Gasteiger partial charge in [0, 0.05) is 5.92 Å². The summed E-state index contributed by atoms with van der Waals surface area (Å²) in [6, 6.07) is 0. The predicted molar refractivity (Wildman–Crippen MR) is 66.2 cm³/mol. The monoisotopic (exact) mass is 220 g/mol. The second-order valence-electron chi connectivity index (χ2n) is 6.61. The summed E-state index contributed by atoms with van der Waals surface area (Å²) >= 11 is 0. The summed E-state index contributed by atoms with van der Waals surface area (Å²) in [4.78, 5) is 0. The zero-order valence-corrected chi connectivity index (χ0v) is 11.0. The van der Waals surface area contributed by atoms with E-state index in [1.807, 2.05) is 0 Å². The molecule has 5 atom stereocenters. The van der Waals surface area contributed by atoms with E-state index in [1.54, 1.807) is 5.57 Å². The van der Waals surface area contributed by atoms with Gasteiger partial charge >= 0.3 is 0 Å². The highest BCUT2D eigenvalue weighted by atomic mass is 16.5. The van der Waals surface area contributed by atoms with Crippen molar-refractivity contribution in [1.82, 2.24) is 0 Å². The lowest BCUT2D eigenvalue weighted by Gasteiger charge is -2.43. The Morgan fingerprint density at radius 1 is 1.44 bits per heavy atom. The third kappa shape index (κ3) is 1.21. The second-order valence-corrected chi connectivity index (χ2v) is 6.61. The van der Waals surface area contributed by atoms with Crippen LogP contribution in [0, 0.1) is 23.7 Å². The quantitative estimate of drug-likeness (QED) is 0.611. The fraction of sp³-hybridized carbons (Fsp3) is 0.867. The van der Waals surface area contributed by atoms with E-state index < -0.39 is 0 Å². The zero-order valence-electron chi connectivity index (χ0n) is 11.0. The summed E-state index contributed by atoms with van der Waals surface area (Å²) < 4.78 is 6.45. The molecule has 1 spiro atoms. The van der Waals surface area contributed by atoms with Gasteiger partial charge < -0.3 is 4.74 Å². The highest BCUT2D eigenvalue weighted by Gasteiger charge is 2.62. The van der Waals surface area contributed by atoms with Crippen LogP contribution in [0.2, 0.25) is 0 Å². The summed E-state index contributed by atoms with van der Waals surface area (Å²) in [5.41, 5.74) is 1.81. The number of ether oxygens (including phenoxy) is 1. The van der Waals surface area contributed by atoms with Crippen molar-refractivity contribution in [2.45, 2.75) is 58.7 Å². The van der Waals surface area contributed by atoms with Crippen LogP contribution >= 0.6 is 0 Å². The molecule has 16 heavy (non-hydrogen) atoms. The van der Waals surface area contributed by atoms with Crippen molar-refractivity contribution in [3.63, 3.8) is 0 Å². The van der Waals surface area contributed by atoms with E-state index in [1.165, 1.54) is 19.3 Å². The fourth-order valence-electron chi connectivity index (χ4n) is 4.54. The first-order valence-electron chi connectivity index (χ1n) is 6.89. The molecule has 90 valence electrons. The standard InChI is InChI=1S/C15H24O/c1-9(2)14-12-7-10(3)5-6-15(12)11(4)8-13(14)16-15/h7,9,11-14H,5-6,8H2,1-4H3/t11-,12-,13?,14-,15+/m0/s1. The van der Waals surface area contributed by atoms with Gasteiger partial charge in [-0.15, -0.1) is 0 Å². The average molecular weight is 220 g/mol. The Hall–Kier alpha value is -0.300. The SMILES string of the molecule is CC1=C[C@H]2[C@H](C(C)C)C3C[C@H](C)[C@@]2(CC1)O3. The van der Waals surface area contributed by atoms with Gasteiger partial charge in [-0.1, -0.05) is 32.4 Å². The fourth-order valence-corrected chi connectivity index (χ4v) is 4.54. The Kier molecular flexibility index (Phi) is 2.27. The largest absolute Gasteiger partial charge is 0.371 e. The molecule has 1 nitrogen and oxygen atoms in total. The van der Waals surface area contributed by atoms with Crippen molar-refractivity contribution in [3.8, 4) is 0 Å². The number of rotatable bonds is 1. The maximum absolute atomic E-state index is 6.45. The Morgan fingerprint density at radius 2 is 2.19 bits per heavy atom. The van der Waals surface area contributed by atoms with E-state index >= 15 is 0 Å². The van der Waals surface area contributed by atoms with Crippen LogP contribution in [-0.2, 0) is 4.74 Å². The minimum atomic E-state index is 0.221. The molecule has 2 bridgehead atoms. The van der Waals surface area contributed by atoms with E-state index in [-0.39, 0.29) is 5.60 Å². The van der Waals surface area contributed by atoms with E-state index in [0.29, 0.717) is 12.0 Å². The van der Waals surface area contributed by atoms with Crippen LogP contribution in [0.1, 0.15) is 47.0 Å². The van der Waals surface area contributed by atoms with Crippen molar-refractivity contribution in [1.29, 1.82) is 0 Å². The molecule has 0 amide bonds. The molecule has 0 aromatic carbocycles. The van der Waals surface area contributed by atoms with Crippen LogP contribution in [0.15, 0.2) is 11.6 Å². The summed E-state index contributed by atoms with van der Waals surface area (Å²) in [6.07, 6.45) is 6.90. The van der Waals surface area contributed by atoms with E-state index in [4.69, 9.17) is 4.74 Å². The molecule has 2 aliphatic heterocycles. The van der Waals surface area contributed by atoms with Crippen molar-refractivity contribution >= 4 is 0 Å². The maximum atomic E-state index is 6.45. The van der Waals surface area contributed by atoms with E-state index in [0.717, 1.165) is 17.8 Å². The topological polar surface area (TPSA) is 9.23 Å². The summed E-state index contributed by atoms with van der Waals surface area (Å²) in [6.45, 7) is 9.43. The first-order valence-corrected chi connectivity index (χ1v) is 6.89. The minimum Gasteiger partial charge on any atom is -0.371 e. The Bertz CT molecular complexity index is 330. The Morgan fingerprint density at radius 3 is 2.88 bits per heavy atom. The maximum Gasteiger partial charge on any atom is 0.0781 e. The summed E-state index contributed by atoms with van der Waals surface area (Å²) in [5.74, 6) is 3.00. The van der Waals surface area contributed by atoms with Crippen LogP contribution in [-0.4, -0.2) is 11.7 Å². The van der Waals surface area contributed by atoms with E-state index in [2.05, 4.69) is 33.8 Å². The normalized spacial score (nSPS) is 50.7. The van der Waals surface area contributed by atoms with Crippen LogP contribution in [0.4, 0.5) is 0 Å². The predicted octanol–water partition coefficient (Wildman–Crippen LogP) is 3.79. The van der Waals surface area contributed by atoms with Crippen molar-refractivity contribution in [2.75, 3.05) is 0 Å². The number of fused-ring (bicyclic) bond motifs is 1. The molecule has 3 rings (SSSR count). The van der Waals surface area contributed by atoms with Gasteiger partial charge in [0.25, 0.3) is 0 Å². The third-order valence-corrected chi connectivity index (χ3v) is 5.34. The highest BCUT2D eigenvalue weighted by molar-refractivity contribution is 5.22. The number of allylic oxidation sites excluding steroid dienone is 1. The zero-order chi connectivity index (χ0) is 11.5. The molecule has 0 aromatic heterocycles. The lowest BCUT2D eigenvalue weighted by molar-refractivity contribution is -0.0309. The van der Waals surface area contributed by atoms with E-state index in [9.17, 15) is 0 Å². The minimum absolute atomic E-state index is 0.221. The van der Waals surface area contributed by atoms with Gasteiger partial charge in [0.2, 0.25) is 0 Å². The molecule has 3 aliphatic rings. The summed E-state index contributed by atoms with van der Waals surface area (Å²) in [7, 11) is 0. The smallest absolute Gasteiger partial charge is 0.0781 e. The van der Waals surface area contributed by atoms with Gasteiger partial charge in [-0.25, -0.2) is 0 Å². The van der Waals surface area contributed by atoms with Crippen molar-refractivity contribution in [2.24, 2.45) is 23.7 Å². The molecular weight excluding hydrogens is 196 g/mol. The molecule has 1 heteroatoms. The molecule has 1 aliphatic carbocycles. The lowest BCUT2D eigenvalue weighted by Crippen LogP contribution is -2.45. The molecule has 2 saturated heterocycles. The van der Waals surface area contributed by atoms with Crippen molar-refractivity contribution in [3.05, 3.63) is 11.6 Å². The number of hydrogen-bond acceptors (Lipinski definition) is 1. The Balaban J connectivity index is 2.01. The summed E-state index contributed by atoms with van der Waals surface area (Å²) in [5, 5.41) is 0. The van der Waals surface area contributed by atoms with Crippen LogP contribution in [0.25, 0.3) is 0 Å². The van der Waals surface area contributed by atoms with Gasteiger partial charge in [0.05, 0.1) is 11.7 Å². The molecular formula is C15H24O. The van der Waals surface area contributed by atoms with Crippen LogP contribution in [0.5, 0.6) is 0 Å². The van der Waals surface area contributed by atoms with Gasteiger partial charge in [-0.05, 0) is 43.9 Å². The molecule has 2 heterocycles.